The third-order valence-electron chi connectivity index (χ3n) is 5.18. The summed E-state index contributed by atoms with van der Waals surface area (Å²) in [5.41, 5.74) is 0.102. The zero-order chi connectivity index (χ0) is 13.2. The second-order valence-electron chi connectivity index (χ2n) is 6.34. The van der Waals surface area contributed by atoms with Crippen LogP contribution in [0.5, 0.6) is 0 Å². The molecule has 19 heavy (non-hydrogen) atoms. The largest absolute Gasteiger partial charge is 0.375 e. The summed E-state index contributed by atoms with van der Waals surface area (Å²) in [5.74, 6) is 0. The van der Waals surface area contributed by atoms with Crippen LogP contribution >= 0.6 is 0 Å². The van der Waals surface area contributed by atoms with E-state index in [1.165, 1.54) is 25.7 Å². The Hall–Kier alpha value is -1.14. The fourth-order valence-corrected chi connectivity index (χ4v) is 4.19. The van der Waals surface area contributed by atoms with Gasteiger partial charge in [0.1, 0.15) is 0 Å². The average molecular weight is 258 g/mol. The molecule has 0 aromatic carbocycles. The molecule has 3 nitrogen and oxygen atoms in total. The summed E-state index contributed by atoms with van der Waals surface area (Å²) in [7, 11) is 0. The Bertz CT molecular complexity index is 429. The normalized spacial score (nSPS) is 36.5. The fraction of sp³-hybridized carbons (Fsp3) is 0.750. The number of nitrogens with zero attached hydrogens (tertiary/aromatic N) is 2. The van der Waals surface area contributed by atoms with E-state index >= 15 is 0 Å². The van der Waals surface area contributed by atoms with Crippen LogP contribution in [-0.4, -0.2) is 24.5 Å². The Morgan fingerprint density at radius 2 is 2.16 bits per heavy atom. The summed E-state index contributed by atoms with van der Waals surface area (Å²) in [4.78, 5) is 4.68. The van der Waals surface area contributed by atoms with Crippen LogP contribution in [-0.2, 0) is 4.74 Å². The van der Waals surface area contributed by atoms with Crippen molar-refractivity contribution in [3.05, 3.63) is 12.2 Å². The van der Waals surface area contributed by atoms with Gasteiger partial charge in [0.15, 0.2) is 0 Å². The monoisotopic (exact) mass is 258 g/mol. The first kappa shape index (κ1) is 12.9. The Kier molecular flexibility index (Phi) is 3.45. The molecule has 1 saturated heterocycles. The topological polar surface area (TPSA) is 45.4 Å². The van der Waals surface area contributed by atoms with Gasteiger partial charge in [0, 0.05) is 24.7 Å². The maximum absolute atomic E-state index is 9.28. The van der Waals surface area contributed by atoms with Gasteiger partial charge >= 0.3 is 0 Å². The van der Waals surface area contributed by atoms with Crippen LogP contribution in [0.25, 0.3) is 0 Å². The Morgan fingerprint density at radius 1 is 1.32 bits per heavy atom. The molecule has 2 fully saturated rings. The lowest BCUT2D eigenvalue weighted by Gasteiger charge is -2.48. The van der Waals surface area contributed by atoms with Crippen molar-refractivity contribution >= 4 is 6.21 Å². The summed E-state index contributed by atoms with van der Waals surface area (Å²) < 4.78 is 6.14. The summed E-state index contributed by atoms with van der Waals surface area (Å²) in [6, 6.07) is 2.70. The van der Waals surface area contributed by atoms with Crippen LogP contribution in [0.4, 0.5) is 0 Å². The summed E-state index contributed by atoms with van der Waals surface area (Å²) in [5, 5.41) is 9.28. The van der Waals surface area contributed by atoms with Crippen LogP contribution in [0.3, 0.4) is 0 Å². The smallest absolute Gasteiger partial charge is 0.0689 e. The van der Waals surface area contributed by atoms with Gasteiger partial charge in [-0.2, -0.15) is 5.26 Å². The van der Waals surface area contributed by atoms with Crippen LogP contribution in [0.2, 0.25) is 0 Å². The molecule has 0 N–H and O–H groups in total. The van der Waals surface area contributed by atoms with Crippen molar-refractivity contribution < 1.29 is 4.74 Å². The number of dihydropyridines is 1. The van der Waals surface area contributed by atoms with Crippen LogP contribution < -0.4 is 0 Å². The van der Waals surface area contributed by atoms with Gasteiger partial charge in [-0.1, -0.05) is 18.9 Å². The standard InChI is InChI=1S/C16H22N2O/c17-10-8-15(14-5-1-4-11-18-14)9-12-19-16(13-15)6-2-3-7-16/h1,4,11,14H,2-3,5-9,12-13H2/t14?,15-/m1/s1. The van der Waals surface area contributed by atoms with Crippen LogP contribution in [0.1, 0.15) is 51.4 Å². The fourth-order valence-electron chi connectivity index (χ4n) is 4.19. The molecule has 0 radical (unpaired) electrons. The maximum atomic E-state index is 9.28. The van der Waals surface area contributed by atoms with Gasteiger partial charge in [-0.15, -0.1) is 0 Å². The van der Waals surface area contributed by atoms with Crippen molar-refractivity contribution in [2.24, 2.45) is 10.4 Å². The third-order valence-corrected chi connectivity index (χ3v) is 5.18. The third kappa shape index (κ3) is 2.34. The van der Waals surface area contributed by atoms with E-state index in [0.717, 1.165) is 25.9 Å². The summed E-state index contributed by atoms with van der Waals surface area (Å²) in [6.45, 7) is 0.803. The molecule has 1 spiro atoms. The molecule has 1 unspecified atom stereocenters. The zero-order valence-electron chi connectivity index (χ0n) is 11.5. The van der Waals surface area contributed by atoms with E-state index in [0.29, 0.717) is 6.42 Å². The summed E-state index contributed by atoms with van der Waals surface area (Å²) in [6.07, 6.45) is 14.6. The van der Waals surface area contributed by atoms with E-state index in [1.54, 1.807) is 0 Å². The quantitative estimate of drug-likeness (QED) is 0.762. The summed E-state index contributed by atoms with van der Waals surface area (Å²) >= 11 is 0. The van der Waals surface area contributed by atoms with Gasteiger partial charge in [0.05, 0.1) is 17.7 Å². The second-order valence-corrected chi connectivity index (χ2v) is 6.34. The SMILES string of the molecule is N#CC[C@@]1(C2CC=CC=N2)CCOC2(CCCC2)C1. The molecule has 2 aliphatic heterocycles. The van der Waals surface area contributed by atoms with E-state index in [-0.39, 0.29) is 17.1 Å². The second kappa shape index (κ2) is 5.09. The Labute approximate surface area is 115 Å². The predicted molar refractivity (Wildman–Crippen MR) is 75.1 cm³/mol. The van der Waals surface area contributed by atoms with E-state index < -0.39 is 0 Å². The average Bonchev–Trinajstić information content (AvgIpc) is 2.88. The number of nitriles is 1. The molecular weight excluding hydrogens is 236 g/mol. The van der Waals surface area contributed by atoms with Crippen molar-refractivity contribution in [1.29, 1.82) is 5.26 Å². The molecule has 102 valence electrons. The van der Waals surface area contributed by atoms with Crippen molar-refractivity contribution in [2.45, 2.75) is 63.0 Å². The van der Waals surface area contributed by atoms with Gasteiger partial charge in [-0.05, 0) is 38.2 Å². The minimum Gasteiger partial charge on any atom is -0.375 e. The van der Waals surface area contributed by atoms with Crippen molar-refractivity contribution in [2.75, 3.05) is 6.61 Å². The van der Waals surface area contributed by atoms with Crippen LogP contribution in [0, 0.1) is 16.7 Å². The lowest BCUT2D eigenvalue weighted by atomic mass is 9.65. The number of allylic oxidation sites excluding steroid dienone is 1. The van der Waals surface area contributed by atoms with Gasteiger partial charge in [0.2, 0.25) is 0 Å². The molecule has 0 amide bonds. The highest BCUT2D eigenvalue weighted by Gasteiger charge is 2.50. The maximum Gasteiger partial charge on any atom is 0.0689 e. The molecule has 0 aromatic heterocycles. The molecule has 3 rings (SSSR count). The molecule has 2 heterocycles. The highest BCUT2D eigenvalue weighted by atomic mass is 16.5. The molecule has 0 bridgehead atoms. The highest BCUT2D eigenvalue weighted by molar-refractivity contribution is 5.72. The minimum absolute atomic E-state index is 0.0403. The first-order valence-corrected chi connectivity index (χ1v) is 7.48. The predicted octanol–water partition coefficient (Wildman–Crippen LogP) is 3.41. The molecule has 1 aliphatic carbocycles. The Balaban J connectivity index is 1.85. The van der Waals surface area contributed by atoms with Gasteiger partial charge < -0.3 is 4.74 Å². The number of ether oxygens (including phenoxy) is 1. The lowest BCUT2D eigenvalue weighted by molar-refractivity contribution is -0.127. The van der Waals surface area contributed by atoms with Gasteiger partial charge in [-0.25, -0.2) is 0 Å². The number of rotatable bonds is 2. The first-order valence-electron chi connectivity index (χ1n) is 7.48. The molecule has 3 heteroatoms. The molecule has 1 saturated carbocycles. The van der Waals surface area contributed by atoms with E-state index in [9.17, 15) is 5.26 Å². The zero-order valence-corrected chi connectivity index (χ0v) is 11.5. The lowest BCUT2D eigenvalue weighted by Crippen LogP contribution is -2.48. The highest BCUT2D eigenvalue weighted by Crippen LogP contribution is 2.51. The van der Waals surface area contributed by atoms with Crippen molar-refractivity contribution in [3.8, 4) is 6.07 Å². The first-order chi connectivity index (χ1) is 9.29. The molecule has 3 aliphatic rings. The van der Waals surface area contributed by atoms with E-state index in [1.807, 2.05) is 12.3 Å². The minimum atomic E-state index is 0.0403. The van der Waals surface area contributed by atoms with E-state index in [4.69, 9.17) is 4.74 Å². The molecular formula is C16H22N2O. The number of hydrogen-bond acceptors (Lipinski definition) is 3. The van der Waals surface area contributed by atoms with Crippen molar-refractivity contribution in [1.82, 2.24) is 0 Å². The van der Waals surface area contributed by atoms with Gasteiger partial charge in [0.25, 0.3) is 0 Å². The van der Waals surface area contributed by atoms with Crippen molar-refractivity contribution in [3.63, 3.8) is 0 Å². The molecule has 2 atom stereocenters. The molecule has 0 aromatic rings. The number of aliphatic imine (C=N–C) groups is 1. The Morgan fingerprint density at radius 3 is 2.84 bits per heavy atom. The number of hydrogen-bond donors (Lipinski definition) is 0. The van der Waals surface area contributed by atoms with E-state index in [2.05, 4.69) is 17.1 Å². The van der Waals surface area contributed by atoms with Gasteiger partial charge in [-0.3, -0.25) is 4.99 Å². The van der Waals surface area contributed by atoms with Crippen LogP contribution in [0.15, 0.2) is 17.1 Å².